The lowest BCUT2D eigenvalue weighted by Crippen LogP contribution is -2.37. The van der Waals surface area contributed by atoms with E-state index in [1.807, 2.05) is 20.8 Å². The molecule has 0 aromatic heterocycles. The van der Waals surface area contributed by atoms with Gasteiger partial charge in [0.1, 0.15) is 5.75 Å². The van der Waals surface area contributed by atoms with Crippen LogP contribution in [0.5, 0.6) is 5.75 Å². The van der Waals surface area contributed by atoms with Gasteiger partial charge in [-0.1, -0.05) is 19.1 Å². The Kier molecular flexibility index (Phi) is 4.55. The van der Waals surface area contributed by atoms with Gasteiger partial charge in [-0.15, -0.1) is 0 Å². The summed E-state index contributed by atoms with van der Waals surface area (Å²) >= 11 is 0. The number of para-hydroxylation sites is 1. The number of carbonyl (C=O) groups excluding carboxylic acids is 1. The van der Waals surface area contributed by atoms with E-state index in [1.54, 1.807) is 30.0 Å². The molecular formula is C14H21NO2. The molecule has 3 nitrogen and oxygen atoms in total. The highest BCUT2D eigenvalue weighted by Gasteiger charge is 2.21. The molecule has 1 amide bonds. The van der Waals surface area contributed by atoms with Crippen LogP contribution in [0.15, 0.2) is 18.2 Å². The minimum absolute atomic E-state index is 0.0944. The van der Waals surface area contributed by atoms with Crippen molar-refractivity contribution >= 4 is 5.91 Å². The van der Waals surface area contributed by atoms with E-state index < -0.39 is 0 Å². The SMILES string of the molecule is CCCN(C(=O)c1cccc(C)c1O)C(C)C. The Morgan fingerprint density at radius 2 is 2.06 bits per heavy atom. The molecule has 0 aliphatic heterocycles. The number of carbonyl (C=O) groups is 1. The van der Waals surface area contributed by atoms with E-state index >= 15 is 0 Å². The largest absolute Gasteiger partial charge is 0.507 e. The summed E-state index contributed by atoms with van der Waals surface area (Å²) < 4.78 is 0. The highest BCUT2D eigenvalue weighted by molar-refractivity contribution is 5.97. The maximum Gasteiger partial charge on any atom is 0.257 e. The van der Waals surface area contributed by atoms with Crippen LogP contribution in [0.2, 0.25) is 0 Å². The van der Waals surface area contributed by atoms with Crippen LogP contribution in [0.1, 0.15) is 43.1 Å². The zero-order chi connectivity index (χ0) is 13.0. The molecule has 0 aliphatic carbocycles. The molecule has 1 N–H and O–H groups in total. The monoisotopic (exact) mass is 235 g/mol. The van der Waals surface area contributed by atoms with Gasteiger partial charge in [-0.25, -0.2) is 0 Å². The molecule has 0 saturated carbocycles. The number of phenolic OH excluding ortho intramolecular Hbond substituents is 1. The van der Waals surface area contributed by atoms with E-state index in [9.17, 15) is 9.90 Å². The molecule has 0 spiro atoms. The third-order valence-corrected chi connectivity index (χ3v) is 2.82. The quantitative estimate of drug-likeness (QED) is 0.871. The van der Waals surface area contributed by atoms with Crippen LogP contribution in [0.25, 0.3) is 0 Å². The third kappa shape index (κ3) is 2.99. The Balaban J connectivity index is 3.05. The van der Waals surface area contributed by atoms with Crippen molar-refractivity contribution in [2.75, 3.05) is 6.54 Å². The number of hydrogen-bond acceptors (Lipinski definition) is 2. The Bertz CT molecular complexity index is 399. The van der Waals surface area contributed by atoms with Gasteiger partial charge in [0.25, 0.3) is 5.91 Å². The number of aryl methyl sites for hydroxylation is 1. The van der Waals surface area contributed by atoms with Gasteiger partial charge < -0.3 is 10.0 Å². The molecule has 0 saturated heterocycles. The fourth-order valence-electron chi connectivity index (χ4n) is 1.82. The van der Waals surface area contributed by atoms with Gasteiger partial charge in [0, 0.05) is 12.6 Å². The van der Waals surface area contributed by atoms with Crippen molar-refractivity contribution in [2.45, 2.75) is 40.2 Å². The van der Waals surface area contributed by atoms with Crippen LogP contribution in [0, 0.1) is 6.92 Å². The Labute approximate surface area is 103 Å². The first-order chi connectivity index (χ1) is 7.99. The summed E-state index contributed by atoms with van der Waals surface area (Å²) in [5.41, 5.74) is 1.13. The van der Waals surface area contributed by atoms with E-state index in [0.29, 0.717) is 12.1 Å². The van der Waals surface area contributed by atoms with Gasteiger partial charge in [-0.05, 0) is 38.8 Å². The van der Waals surface area contributed by atoms with Gasteiger partial charge in [0.2, 0.25) is 0 Å². The average molecular weight is 235 g/mol. The molecule has 0 aliphatic rings. The number of nitrogens with zero attached hydrogens (tertiary/aromatic N) is 1. The van der Waals surface area contributed by atoms with Gasteiger partial charge in [-0.2, -0.15) is 0 Å². The number of aromatic hydroxyl groups is 1. The second kappa shape index (κ2) is 5.71. The smallest absolute Gasteiger partial charge is 0.257 e. The van der Waals surface area contributed by atoms with Crippen LogP contribution in [-0.4, -0.2) is 28.5 Å². The van der Waals surface area contributed by atoms with E-state index in [0.717, 1.165) is 12.0 Å². The van der Waals surface area contributed by atoms with Crippen LogP contribution < -0.4 is 0 Å². The summed E-state index contributed by atoms with van der Waals surface area (Å²) in [5, 5.41) is 9.92. The summed E-state index contributed by atoms with van der Waals surface area (Å²) in [6.45, 7) is 8.52. The van der Waals surface area contributed by atoms with Crippen molar-refractivity contribution in [3.8, 4) is 5.75 Å². The lowest BCUT2D eigenvalue weighted by atomic mass is 10.1. The summed E-state index contributed by atoms with van der Waals surface area (Å²) in [4.78, 5) is 14.1. The second-order valence-electron chi connectivity index (χ2n) is 4.56. The topological polar surface area (TPSA) is 40.5 Å². The van der Waals surface area contributed by atoms with Crippen molar-refractivity contribution in [1.29, 1.82) is 0 Å². The fourth-order valence-corrected chi connectivity index (χ4v) is 1.82. The van der Waals surface area contributed by atoms with E-state index in [2.05, 4.69) is 0 Å². The van der Waals surface area contributed by atoms with Crippen molar-refractivity contribution in [1.82, 2.24) is 4.90 Å². The van der Waals surface area contributed by atoms with Crippen molar-refractivity contribution < 1.29 is 9.90 Å². The normalized spacial score (nSPS) is 10.6. The summed E-state index contributed by atoms with van der Waals surface area (Å²) in [6, 6.07) is 5.41. The lowest BCUT2D eigenvalue weighted by molar-refractivity contribution is 0.0702. The Morgan fingerprint density at radius 1 is 1.41 bits per heavy atom. The molecular weight excluding hydrogens is 214 g/mol. The number of phenols is 1. The molecule has 0 unspecified atom stereocenters. The highest BCUT2D eigenvalue weighted by atomic mass is 16.3. The van der Waals surface area contributed by atoms with Gasteiger partial charge in [0.15, 0.2) is 0 Å². The lowest BCUT2D eigenvalue weighted by Gasteiger charge is -2.26. The number of amides is 1. The molecule has 0 radical (unpaired) electrons. The molecule has 0 bridgehead atoms. The molecule has 1 aromatic rings. The Hall–Kier alpha value is -1.51. The predicted octanol–water partition coefficient (Wildman–Crippen LogP) is 2.96. The van der Waals surface area contributed by atoms with Gasteiger partial charge in [-0.3, -0.25) is 4.79 Å². The zero-order valence-corrected chi connectivity index (χ0v) is 11.0. The maximum atomic E-state index is 12.3. The summed E-state index contributed by atoms with van der Waals surface area (Å²) in [5.74, 6) is 0.00213. The Morgan fingerprint density at radius 3 is 2.59 bits per heavy atom. The average Bonchev–Trinajstić information content (AvgIpc) is 2.28. The molecule has 3 heteroatoms. The van der Waals surface area contributed by atoms with Crippen LogP contribution in [0.3, 0.4) is 0 Å². The van der Waals surface area contributed by atoms with Gasteiger partial charge >= 0.3 is 0 Å². The van der Waals surface area contributed by atoms with E-state index in [4.69, 9.17) is 0 Å². The van der Waals surface area contributed by atoms with E-state index in [-0.39, 0.29) is 17.7 Å². The zero-order valence-electron chi connectivity index (χ0n) is 11.0. The predicted molar refractivity (Wildman–Crippen MR) is 69.3 cm³/mol. The summed E-state index contributed by atoms with van der Waals surface area (Å²) in [7, 11) is 0. The molecule has 17 heavy (non-hydrogen) atoms. The van der Waals surface area contributed by atoms with Gasteiger partial charge in [0.05, 0.1) is 5.56 Å². The summed E-state index contributed by atoms with van der Waals surface area (Å²) in [6.07, 6.45) is 0.913. The fraction of sp³-hybridized carbons (Fsp3) is 0.500. The van der Waals surface area contributed by atoms with Crippen LogP contribution in [0.4, 0.5) is 0 Å². The minimum atomic E-state index is -0.0944. The standard InChI is InChI=1S/C14H21NO2/c1-5-9-15(10(2)3)14(17)12-8-6-7-11(4)13(12)16/h6-8,10,16H,5,9H2,1-4H3. The molecule has 0 atom stereocenters. The highest BCUT2D eigenvalue weighted by Crippen LogP contribution is 2.23. The first-order valence-corrected chi connectivity index (χ1v) is 6.08. The first kappa shape index (κ1) is 13.6. The van der Waals surface area contributed by atoms with Crippen LogP contribution in [-0.2, 0) is 0 Å². The number of benzene rings is 1. The van der Waals surface area contributed by atoms with Crippen molar-refractivity contribution in [3.05, 3.63) is 29.3 Å². The molecule has 0 fully saturated rings. The maximum absolute atomic E-state index is 12.3. The van der Waals surface area contributed by atoms with Crippen molar-refractivity contribution in [2.24, 2.45) is 0 Å². The second-order valence-corrected chi connectivity index (χ2v) is 4.56. The third-order valence-electron chi connectivity index (χ3n) is 2.82. The molecule has 1 aromatic carbocycles. The molecule has 94 valence electrons. The minimum Gasteiger partial charge on any atom is -0.507 e. The number of hydrogen-bond donors (Lipinski definition) is 1. The molecule has 0 heterocycles. The molecule has 1 rings (SSSR count). The van der Waals surface area contributed by atoms with Crippen molar-refractivity contribution in [3.63, 3.8) is 0 Å². The van der Waals surface area contributed by atoms with E-state index in [1.165, 1.54) is 0 Å². The van der Waals surface area contributed by atoms with Crippen LogP contribution >= 0.6 is 0 Å². The number of rotatable bonds is 4. The first-order valence-electron chi connectivity index (χ1n) is 6.08.